The summed E-state index contributed by atoms with van der Waals surface area (Å²) in [5.41, 5.74) is 8.86. The molecule has 3 aromatic rings. The van der Waals surface area contributed by atoms with Gasteiger partial charge in [0, 0.05) is 34.1 Å². The molecule has 0 atom stereocenters. The van der Waals surface area contributed by atoms with Crippen molar-refractivity contribution in [2.75, 3.05) is 24.1 Å². The summed E-state index contributed by atoms with van der Waals surface area (Å²) < 4.78 is 0. The lowest BCUT2D eigenvalue weighted by molar-refractivity contribution is 0.700. The Morgan fingerprint density at radius 2 is 2.10 bits per heavy atom. The van der Waals surface area contributed by atoms with E-state index < -0.39 is 0 Å². The molecular formula is C21H26N6S2. The number of anilines is 3. The van der Waals surface area contributed by atoms with Crippen LogP contribution in [-0.4, -0.2) is 23.1 Å². The molecule has 0 saturated heterocycles. The number of nitrogens with zero attached hydrogens (tertiary/aromatic N) is 3. The zero-order valence-corrected chi connectivity index (χ0v) is 18.2. The molecule has 2 aromatic heterocycles. The van der Waals surface area contributed by atoms with Crippen LogP contribution in [0.2, 0.25) is 0 Å². The Balaban J connectivity index is 0.000000298. The van der Waals surface area contributed by atoms with E-state index in [1.54, 1.807) is 17.7 Å². The van der Waals surface area contributed by atoms with Crippen molar-refractivity contribution in [3.05, 3.63) is 35.0 Å². The maximum absolute atomic E-state index is 8.00. The number of nitrogen functional groups attached to an aromatic ring is 1. The molecule has 4 rings (SSSR count). The fraction of sp³-hybridized carbons (Fsp3) is 0.381. The second-order valence-corrected chi connectivity index (χ2v) is 8.34. The smallest absolute Gasteiger partial charge is 0.142 e. The predicted octanol–water partition coefficient (Wildman–Crippen LogP) is 4.69. The third-order valence-corrected chi connectivity index (χ3v) is 6.30. The number of benzene rings is 1. The van der Waals surface area contributed by atoms with E-state index in [0.29, 0.717) is 12.1 Å². The number of hydrogen-bond donors (Lipinski definition) is 4. The first-order valence-corrected chi connectivity index (χ1v) is 11.1. The number of nitriles is 1. The van der Waals surface area contributed by atoms with E-state index in [9.17, 15) is 0 Å². The van der Waals surface area contributed by atoms with Crippen LogP contribution in [0.5, 0.6) is 0 Å². The maximum Gasteiger partial charge on any atom is 0.142 e. The molecule has 1 aromatic carbocycles. The largest absolute Gasteiger partial charge is 0.398 e. The normalized spacial score (nSPS) is 12.6. The van der Waals surface area contributed by atoms with Crippen LogP contribution in [0.3, 0.4) is 0 Å². The lowest BCUT2D eigenvalue weighted by Gasteiger charge is -2.13. The molecule has 0 bridgehead atoms. The second kappa shape index (κ2) is 10.4. The molecule has 0 aliphatic heterocycles. The van der Waals surface area contributed by atoms with Gasteiger partial charge in [0.25, 0.3) is 0 Å². The molecule has 0 saturated carbocycles. The van der Waals surface area contributed by atoms with Crippen LogP contribution >= 0.6 is 24.0 Å². The quantitative estimate of drug-likeness (QED) is 0.268. The minimum absolute atomic E-state index is 0.619. The summed E-state index contributed by atoms with van der Waals surface area (Å²) >= 11 is 6.18. The van der Waals surface area contributed by atoms with Gasteiger partial charge in [0.2, 0.25) is 0 Å². The fourth-order valence-electron chi connectivity index (χ4n) is 3.26. The summed E-state index contributed by atoms with van der Waals surface area (Å²) in [6, 6.07) is 7.76. The van der Waals surface area contributed by atoms with Gasteiger partial charge in [0.1, 0.15) is 17.0 Å². The van der Waals surface area contributed by atoms with Crippen LogP contribution in [0.1, 0.15) is 36.6 Å². The van der Waals surface area contributed by atoms with Gasteiger partial charge in [-0.15, -0.1) is 24.0 Å². The fourth-order valence-corrected chi connectivity index (χ4v) is 4.71. The third kappa shape index (κ3) is 5.38. The zero-order chi connectivity index (χ0) is 20.6. The number of aryl methyl sites for hydroxylation is 2. The molecule has 2 heterocycles. The Kier molecular flexibility index (Phi) is 7.69. The summed E-state index contributed by atoms with van der Waals surface area (Å²) in [5.74, 6) is 0.877. The molecule has 0 amide bonds. The van der Waals surface area contributed by atoms with Gasteiger partial charge in [0.05, 0.1) is 11.5 Å². The highest BCUT2D eigenvalue weighted by atomic mass is 32.1. The van der Waals surface area contributed by atoms with Crippen LogP contribution < -0.4 is 16.4 Å². The number of fused-ring (bicyclic) bond motifs is 3. The third-order valence-electron chi connectivity index (χ3n) is 4.71. The molecule has 0 unspecified atom stereocenters. The first-order chi connectivity index (χ1) is 14.1. The Labute approximate surface area is 181 Å². The van der Waals surface area contributed by atoms with E-state index in [1.165, 1.54) is 35.1 Å². The Bertz CT molecular complexity index is 1010. The first kappa shape index (κ1) is 21.4. The average Bonchev–Trinajstić information content (AvgIpc) is 3.11. The predicted molar refractivity (Wildman–Crippen MR) is 124 cm³/mol. The van der Waals surface area contributed by atoms with Crippen molar-refractivity contribution in [3.63, 3.8) is 0 Å². The minimum Gasteiger partial charge on any atom is -0.398 e. The number of hydrogen-bond acceptors (Lipinski definition) is 8. The summed E-state index contributed by atoms with van der Waals surface area (Å²) in [4.78, 5) is 12.2. The molecule has 0 radical (unpaired) electrons. The number of aromatic nitrogens is 2. The summed E-state index contributed by atoms with van der Waals surface area (Å²) in [5, 5.41) is 15.6. The van der Waals surface area contributed by atoms with Gasteiger partial charge in [-0.25, -0.2) is 9.97 Å². The minimum atomic E-state index is 0.619. The van der Waals surface area contributed by atoms with Crippen LogP contribution in [0.25, 0.3) is 10.2 Å². The van der Waals surface area contributed by atoms with Gasteiger partial charge in [-0.05, 0) is 56.0 Å². The molecule has 0 spiro atoms. The monoisotopic (exact) mass is 426 g/mol. The molecule has 152 valence electrons. The van der Waals surface area contributed by atoms with Crippen LogP contribution in [0.4, 0.5) is 17.2 Å². The number of thiol groups is 1. The summed E-state index contributed by atoms with van der Waals surface area (Å²) in [7, 11) is 0. The number of thiophene rings is 1. The average molecular weight is 427 g/mol. The van der Waals surface area contributed by atoms with E-state index in [1.807, 2.05) is 31.2 Å². The Hall–Kier alpha value is -2.34. The topological polar surface area (TPSA) is 99.7 Å². The van der Waals surface area contributed by atoms with Crippen molar-refractivity contribution in [2.45, 2.75) is 43.9 Å². The van der Waals surface area contributed by atoms with Crippen molar-refractivity contribution in [1.82, 2.24) is 15.3 Å². The maximum atomic E-state index is 8.00. The van der Waals surface area contributed by atoms with Crippen molar-refractivity contribution < 1.29 is 0 Å². The Morgan fingerprint density at radius 3 is 2.86 bits per heavy atom. The van der Waals surface area contributed by atoms with Crippen LogP contribution in [0, 0.1) is 11.3 Å². The van der Waals surface area contributed by atoms with Crippen molar-refractivity contribution >= 4 is 51.4 Å². The molecule has 1 aliphatic carbocycles. The van der Waals surface area contributed by atoms with Gasteiger partial charge in [0.15, 0.2) is 0 Å². The molecule has 1 aliphatic rings. The lowest BCUT2D eigenvalue weighted by Crippen LogP contribution is -2.12. The second-order valence-electron chi connectivity index (χ2n) is 6.77. The zero-order valence-electron chi connectivity index (χ0n) is 16.5. The highest BCUT2D eigenvalue weighted by molar-refractivity contribution is 7.80. The first-order valence-electron chi connectivity index (χ1n) is 9.82. The van der Waals surface area contributed by atoms with Gasteiger partial charge in [-0.3, -0.25) is 0 Å². The number of rotatable bonds is 5. The molecule has 8 heteroatoms. The van der Waals surface area contributed by atoms with Crippen molar-refractivity contribution in [3.8, 4) is 6.07 Å². The number of nitrogens with two attached hydrogens (primary N) is 1. The van der Waals surface area contributed by atoms with E-state index >= 15 is 0 Å². The van der Waals surface area contributed by atoms with Gasteiger partial charge in [-0.1, -0.05) is 6.92 Å². The molecule has 6 nitrogen and oxygen atoms in total. The standard InChI is InChI=1S/C16H16N4S2.C5H10N2/c17-11-6-5-9(7-12(11)21)20-15-14-10-3-1-2-4-13(10)22-16(14)19-8-18-15;1-2-7-5-3-4-6/h5-8,21H,1-4,17H2,(H,18,19,20);7H,2-3,5H2,1H3. The van der Waals surface area contributed by atoms with Crippen LogP contribution in [-0.2, 0) is 12.8 Å². The van der Waals surface area contributed by atoms with Gasteiger partial charge < -0.3 is 16.4 Å². The van der Waals surface area contributed by atoms with Gasteiger partial charge >= 0.3 is 0 Å². The lowest BCUT2D eigenvalue weighted by atomic mass is 9.97. The van der Waals surface area contributed by atoms with E-state index in [4.69, 9.17) is 11.0 Å². The highest BCUT2D eigenvalue weighted by Gasteiger charge is 2.19. The molecular weight excluding hydrogens is 400 g/mol. The number of nitrogens with one attached hydrogen (secondary N) is 2. The van der Waals surface area contributed by atoms with E-state index in [0.717, 1.165) is 40.7 Å². The van der Waals surface area contributed by atoms with Crippen LogP contribution in [0.15, 0.2) is 29.4 Å². The molecule has 0 fully saturated rings. The molecule has 29 heavy (non-hydrogen) atoms. The van der Waals surface area contributed by atoms with Crippen molar-refractivity contribution in [1.29, 1.82) is 5.26 Å². The van der Waals surface area contributed by atoms with E-state index in [-0.39, 0.29) is 0 Å². The highest BCUT2D eigenvalue weighted by Crippen LogP contribution is 2.39. The SMILES string of the molecule is CCNCCC#N.Nc1ccc(Nc2ncnc3sc4c(c23)CCCC4)cc1S. The van der Waals surface area contributed by atoms with E-state index in [2.05, 4.69) is 33.2 Å². The summed E-state index contributed by atoms with van der Waals surface area (Å²) in [6.45, 7) is 3.81. The van der Waals surface area contributed by atoms with Crippen molar-refractivity contribution in [2.24, 2.45) is 0 Å². The summed E-state index contributed by atoms with van der Waals surface area (Å²) in [6.07, 6.45) is 7.06. The Morgan fingerprint density at radius 1 is 1.28 bits per heavy atom. The van der Waals surface area contributed by atoms with Gasteiger partial charge in [-0.2, -0.15) is 5.26 Å². The molecule has 4 N–H and O–H groups in total.